The number of benzene rings is 1. The molecule has 0 saturated carbocycles. The van der Waals surface area contributed by atoms with Crippen LogP contribution in [0.1, 0.15) is 18.5 Å². The lowest BCUT2D eigenvalue weighted by Crippen LogP contribution is -2.38. The molecular formula is C17H21N3O2S. The molecule has 0 aliphatic heterocycles. The molecule has 1 heterocycles. The third kappa shape index (κ3) is 5.49. The van der Waals surface area contributed by atoms with E-state index >= 15 is 0 Å². The number of rotatable bonds is 6. The molecule has 0 fully saturated rings. The molecule has 0 aliphatic rings. The summed E-state index contributed by atoms with van der Waals surface area (Å²) in [6.07, 6.45) is 5.18. The van der Waals surface area contributed by atoms with E-state index in [-0.39, 0.29) is 12.1 Å². The van der Waals surface area contributed by atoms with Gasteiger partial charge in [-0.3, -0.25) is 9.19 Å². The number of nitrogens with one attached hydrogen (secondary N) is 2. The summed E-state index contributed by atoms with van der Waals surface area (Å²) in [6.45, 7) is 2.33. The van der Waals surface area contributed by atoms with Crippen LogP contribution >= 0.6 is 0 Å². The molecule has 5 nitrogen and oxygen atoms in total. The molecule has 0 unspecified atom stereocenters. The van der Waals surface area contributed by atoms with Crippen molar-refractivity contribution in [2.75, 3.05) is 18.6 Å². The summed E-state index contributed by atoms with van der Waals surface area (Å²) in [5.41, 5.74) is 3.17. The second-order valence-electron chi connectivity index (χ2n) is 5.26. The van der Waals surface area contributed by atoms with E-state index in [1.165, 1.54) is 0 Å². The zero-order valence-corrected chi connectivity index (χ0v) is 14.1. The molecular weight excluding hydrogens is 310 g/mol. The topological polar surface area (TPSA) is 71.1 Å². The second kappa shape index (κ2) is 8.43. The van der Waals surface area contributed by atoms with E-state index in [1.807, 2.05) is 49.5 Å². The van der Waals surface area contributed by atoms with Gasteiger partial charge in [0.1, 0.15) is 0 Å². The van der Waals surface area contributed by atoms with Crippen LogP contribution in [0.5, 0.6) is 0 Å². The van der Waals surface area contributed by atoms with Crippen molar-refractivity contribution >= 4 is 16.8 Å². The van der Waals surface area contributed by atoms with Gasteiger partial charge in [0.2, 0.25) is 0 Å². The monoisotopic (exact) mass is 331 g/mol. The number of carbonyl (C=O) groups excluding carboxylic acids is 1. The number of amides is 2. The molecule has 6 heteroatoms. The van der Waals surface area contributed by atoms with Crippen molar-refractivity contribution in [1.29, 1.82) is 0 Å². The summed E-state index contributed by atoms with van der Waals surface area (Å²) in [4.78, 5) is 15.9. The second-order valence-corrected chi connectivity index (χ2v) is 6.82. The van der Waals surface area contributed by atoms with E-state index in [0.717, 1.165) is 16.7 Å². The average Bonchev–Trinajstić information content (AvgIpc) is 2.55. The average molecular weight is 331 g/mol. The highest BCUT2D eigenvalue weighted by Crippen LogP contribution is 2.21. The standard InChI is InChI=1S/C17H21N3O2S/c1-13(20-17(21)19-10-11-23(2)22)14-5-7-15(8-6-14)16-4-3-9-18-12-16/h3-9,12-13H,10-11H2,1-2H3,(H2,19,20,21)/t13-,23+/m0/s1. The lowest BCUT2D eigenvalue weighted by Gasteiger charge is -2.15. The van der Waals surface area contributed by atoms with Gasteiger partial charge in [0, 0.05) is 41.7 Å². The largest absolute Gasteiger partial charge is 0.337 e. The molecule has 23 heavy (non-hydrogen) atoms. The first-order valence-corrected chi connectivity index (χ1v) is 9.13. The Morgan fingerprint density at radius 2 is 1.96 bits per heavy atom. The number of nitrogens with zero attached hydrogens (tertiary/aromatic N) is 1. The number of urea groups is 1. The zero-order valence-electron chi connectivity index (χ0n) is 13.3. The maximum Gasteiger partial charge on any atom is 0.315 e. The SMILES string of the molecule is C[C@H](NC(=O)NCC[S@@](C)=O)c1ccc(-c2cccnc2)cc1. The summed E-state index contributed by atoms with van der Waals surface area (Å²) in [5.74, 6) is 0.460. The zero-order chi connectivity index (χ0) is 16.7. The minimum Gasteiger partial charge on any atom is -0.337 e. The Labute approximate surface area is 139 Å². The van der Waals surface area contributed by atoms with Crippen LogP contribution in [0.3, 0.4) is 0 Å². The van der Waals surface area contributed by atoms with Gasteiger partial charge >= 0.3 is 6.03 Å². The van der Waals surface area contributed by atoms with Crippen LogP contribution < -0.4 is 10.6 Å². The predicted molar refractivity (Wildman–Crippen MR) is 93.6 cm³/mol. The van der Waals surface area contributed by atoms with E-state index in [4.69, 9.17) is 0 Å². The van der Waals surface area contributed by atoms with Crippen LogP contribution in [0.15, 0.2) is 48.8 Å². The van der Waals surface area contributed by atoms with Gasteiger partial charge in [-0.15, -0.1) is 0 Å². The predicted octanol–water partition coefficient (Wildman–Crippen LogP) is 2.49. The summed E-state index contributed by atoms with van der Waals surface area (Å²) in [7, 11) is -0.899. The Kier molecular flexibility index (Phi) is 6.29. The molecule has 1 aromatic carbocycles. The molecule has 122 valence electrons. The fraction of sp³-hybridized carbons (Fsp3) is 0.294. The quantitative estimate of drug-likeness (QED) is 0.854. The van der Waals surface area contributed by atoms with Gasteiger partial charge in [0.05, 0.1) is 6.04 Å². The van der Waals surface area contributed by atoms with E-state index in [1.54, 1.807) is 12.5 Å². The summed E-state index contributed by atoms with van der Waals surface area (Å²) < 4.78 is 11.0. The summed E-state index contributed by atoms with van der Waals surface area (Å²) in [6, 6.07) is 11.6. The number of hydrogen-bond acceptors (Lipinski definition) is 3. The minimum absolute atomic E-state index is 0.106. The molecule has 0 aliphatic carbocycles. The maximum absolute atomic E-state index is 11.8. The molecule has 0 radical (unpaired) electrons. The highest BCUT2D eigenvalue weighted by molar-refractivity contribution is 7.84. The fourth-order valence-electron chi connectivity index (χ4n) is 2.14. The molecule has 2 amide bonds. The van der Waals surface area contributed by atoms with Gasteiger partial charge < -0.3 is 10.6 Å². The molecule has 0 saturated heterocycles. The smallest absolute Gasteiger partial charge is 0.315 e. The summed E-state index contributed by atoms with van der Waals surface area (Å²) in [5, 5.41) is 5.57. The Hall–Kier alpha value is -2.21. The van der Waals surface area contributed by atoms with Crippen LogP contribution in [0.25, 0.3) is 11.1 Å². The first kappa shape index (κ1) is 17.1. The van der Waals surface area contributed by atoms with Crippen molar-refractivity contribution in [2.24, 2.45) is 0 Å². The molecule has 0 bridgehead atoms. The molecule has 0 spiro atoms. The first-order valence-electron chi connectivity index (χ1n) is 7.41. The van der Waals surface area contributed by atoms with Gasteiger partial charge in [0.25, 0.3) is 0 Å². The highest BCUT2D eigenvalue weighted by Gasteiger charge is 2.09. The summed E-state index contributed by atoms with van der Waals surface area (Å²) >= 11 is 0. The van der Waals surface area contributed by atoms with Gasteiger partial charge in [-0.05, 0) is 29.7 Å². The van der Waals surface area contributed by atoms with E-state index in [2.05, 4.69) is 15.6 Å². The molecule has 2 aromatic rings. The van der Waals surface area contributed by atoms with Crippen LogP contribution in [0.4, 0.5) is 4.79 Å². The van der Waals surface area contributed by atoms with E-state index in [9.17, 15) is 9.00 Å². The van der Waals surface area contributed by atoms with Gasteiger partial charge in [-0.2, -0.15) is 0 Å². The van der Waals surface area contributed by atoms with Crippen LogP contribution in [-0.2, 0) is 10.8 Å². The van der Waals surface area contributed by atoms with E-state index < -0.39 is 10.8 Å². The van der Waals surface area contributed by atoms with Crippen molar-refractivity contribution in [3.8, 4) is 11.1 Å². The fourth-order valence-corrected chi connectivity index (χ4v) is 2.53. The third-order valence-corrected chi connectivity index (χ3v) is 4.21. The van der Waals surface area contributed by atoms with Gasteiger partial charge in [0.15, 0.2) is 0 Å². The molecule has 2 N–H and O–H groups in total. The third-order valence-electron chi connectivity index (χ3n) is 3.43. The van der Waals surface area contributed by atoms with Crippen LogP contribution in [-0.4, -0.2) is 33.8 Å². The Morgan fingerprint density at radius 3 is 2.57 bits per heavy atom. The van der Waals surface area contributed by atoms with Crippen molar-refractivity contribution < 1.29 is 9.00 Å². The minimum atomic E-state index is -0.899. The molecule has 2 atom stereocenters. The Bertz CT molecular complexity index is 659. The van der Waals surface area contributed by atoms with Crippen molar-refractivity contribution in [2.45, 2.75) is 13.0 Å². The first-order chi connectivity index (χ1) is 11.1. The van der Waals surface area contributed by atoms with Crippen molar-refractivity contribution in [1.82, 2.24) is 15.6 Å². The normalized spacial score (nSPS) is 13.1. The van der Waals surface area contributed by atoms with Crippen LogP contribution in [0.2, 0.25) is 0 Å². The molecule has 1 aromatic heterocycles. The van der Waals surface area contributed by atoms with Gasteiger partial charge in [-0.1, -0.05) is 30.3 Å². The Balaban J connectivity index is 1.91. The highest BCUT2D eigenvalue weighted by atomic mass is 32.2. The number of hydrogen-bond donors (Lipinski definition) is 2. The molecule has 2 rings (SSSR count). The number of aromatic nitrogens is 1. The number of pyridine rings is 1. The Morgan fingerprint density at radius 1 is 1.22 bits per heavy atom. The van der Waals surface area contributed by atoms with E-state index in [0.29, 0.717) is 12.3 Å². The van der Waals surface area contributed by atoms with Crippen molar-refractivity contribution in [3.63, 3.8) is 0 Å². The lowest BCUT2D eigenvalue weighted by atomic mass is 10.0. The van der Waals surface area contributed by atoms with Crippen LogP contribution in [0, 0.1) is 0 Å². The lowest BCUT2D eigenvalue weighted by molar-refractivity contribution is 0.238. The number of carbonyl (C=O) groups is 1. The van der Waals surface area contributed by atoms with Crippen molar-refractivity contribution in [3.05, 3.63) is 54.4 Å². The van der Waals surface area contributed by atoms with Gasteiger partial charge in [-0.25, -0.2) is 4.79 Å². The maximum atomic E-state index is 11.8.